The van der Waals surface area contributed by atoms with E-state index < -0.39 is 12.0 Å². The molecule has 2 atom stereocenters. The summed E-state index contributed by atoms with van der Waals surface area (Å²) in [5.41, 5.74) is 3.48. The number of nitrogens with zero attached hydrogens (tertiary/aromatic N) is 1. The minimum absolute atomic E-state index is 0.168. The van der Waals surface area contributed by atoms with Gasteiger partial charge >= 0.3 is 0 Å². The fourth-order valence-electron chi connectivity index (χ4n) is 5.58. The number of nitrogens with one attached hydrogen (secondary N) is 1. The Morgan fingerprint density at radius 2 is 2.00 bits per heavy atom. The standard InChI is InChI=1S/C29H35FN2O4/c1-5-36-22-8-9-23-19(16-22)11-13-32(28(35)18(2)7-6-14-33)26(23)27(34)31-21-15-20-10-12-29(3,4)25(20)24(30)17-21/h8-9,14-18,26H,5-7,10-13H2,1-4H3,(H,31,34)/t18-,26?/m0/s1. The maximum atomic E-state index is 15.1. The van der Waals surface area contributed by atoms with Gasteiger partial charge < -0.3 is 19.7 Å². The van der Waals surface area contributed by atoms with Crippen LogP contribution in [0.15, 0.2) is 30.3 Å². The van der Waals surface area contributed by atoms with E-state index in [0.717, 1.165) is 41.6 Å². The van der Waals surface area contributed by atoms with Gasteiger partial charge in [-0.25, -0.2) is 4.39 Å². The van der Waals surface area contributed by atoms with Gasteiger partial charge in [0, 0.05) is 24.6 Å². The van der Waals surface area contributed by atoms with Crippen LogP contribution in [-0.4, -0.2) is 36.2 Å². The molecule has 2 aromatic carbocycles. The first-order valence-electron chi connectivity index (χ1n) is 12.8. The Hall–Kier alpha value is -3.22. The number of rotatable bonds is 8. The van der Waals surface area contributed by atoms with Crippen LogP contribution in [0.1, 0.15) is 75.3 Å². The Kier molecular flexibility index (Phi) is 7.48. The molecule has 0 spiro atoms. The van der Waals surface area contributed by atoms with E-state index in [1.165, 1.54) is 6.07 Å². The van der Waals surface area contributed by atoms with Crippen LogP contribution >= 0.6 is 0 Å². The molecule has 0 radical (unpaired) electrons. The highest BCUT2D eigenvalue weighted by Crippen LogP contribution is 2.41. The van der Waals surface area contributed by atoms with Gasteiger partial charge in [-0.1, -0.05) is 26.8 Å². The number of hydrogen-bond acceptors (Lipinski definition) is 4. The molecule has 1 aliphatic carbocycles. The minimum Gasteiger partial charge on any atom is -0.494 e. The Morgan fingerprint density at radius 3 is 2.72 bits per heavy atom. The van der Waals surface area contributed by atoms with Crippen molar-refractivity contribution in [2.75, 3.05) is 18.5 Å². The highest BCUT2D eigenvalue weighted by Gasteiger charge is 2.38. The molecular formula is C29H35FN2O4. The Balaban J connectivity index is 1.67. The maximum Gasteiger partial charge on any atom is 0.251 e. The van der Waals surface area contributed by atoms with Crippen molar-refractivity contribution in [3.05, 3.63) is 58.4 Å². The fourth-order valence-corrected chi connectivity index (χ4v) is 5.58. The molecular weight excluding hydrogens is 459 g/mol. The van der Waals surface area contributed by atoms with Gasteiger partial charge in [-0.2, -0.15) is 0 Å². The average Bonchev–Trinajstić information content (AvgIpc) is 3.15. The van der Waals surface area contributed by atoms with E-state index in [1.807, 2.05) is 45.0 Å². The van der Waals surface area contributed by atoms with Crippen molar-refractivity contribution in [2.45, 2.75) is 71.3 Å². The van der Waals surface area contributed by atoms with Gasteiger partial charge in [-0.05, 0) is 84.5 Å². The number of aldehydes is 1. The summed E-state index contributed by atoms with van der Waals surface area (Å²) in [6.45, 7) is 8.66. The predicted molar refractivity (Wildman–Crippen MR) is 137 cm³/mol. The summed E-state index contributed by atoms with van der Waals surface area (Å²) in [6.07, 6.45) is 3.73. The monoisotopic (exact) mass is 494 g/mol. The molecule has 2 aromatic rings. The maximum absolute atomic E-state index is 15.1. The van der Waals surface area contributed by atoms with E-state index in [1.54, 1.807) is 11.8 Å². The normalized spacial score (nSPS) is 18.7. The molecule has 0 saturated heterocycles. The van der Waals surface area contributed by atoms with Gasteiger partial charge in [0.15, 0.2) is 0 Å². The van der Waals surface area contributed by atoms with Gasteiger partial charge in [-0.15, -0.1) is 0 Å². The van der Waals surface area contributed by atoms with Gasteiger partial charge in [0.25, 0.3) is 5.91 Å². The summed E-state index contributed by atoms with van der Waals surface area (Å²) in [5.74, 6) is -0.538. The second-order valence-electron chi connectivity index (χ2n) is 10.5. The molecule has 0 aromatic heterocycles. The van der Waals surface area contributed by atoms with Crippen molar-refractivity contribution in [1.82, 2.24) is 4.90 Å². The van der Waals surface area contributed by atoms with Crippen LogP contribution in [0.2, 0.25) is 0 Å². The van der Waals surface area contributed by atoms with E-state index in [2.05, 4.69) is 5.32 Å². The highest BCUT2D eigenvalue weighted by molar-refractivity contribution is 5.99. The summed E-state index contributed by atoms with van der Waals surface area (Å²) < 4.78 is 20.7. The number of benzene rings is 2. The average molecular weight is 495 g/mol. The second-order valence-corrected chi connectivity index (χ2v) is 10.5. The first-order chi connectivity index (χ1) is 17.2. The SMILES string of the molecule is CCOc1ccc2c(c1)CCN(C(=O)[C@@H](C)CCC=O)C2C(=O)Nc1cc(F)c2c(c1)CCC2(C)C. The fraction of sp³-hybridized carbons (Fsp3) is 0.483. The van der Waals surface area contributed by atoms with E-state index in [9.17, 15) is 14.4 Å². The first-order valence-corrected chi connectivity index (χ1v) is 12.8. The zero-order chi connectivity index (χ0) is 26.0. The molecule has 0 saturated carbocycles. The number of carbonyl (C=O) groups is 3. The Morgan fingerprint density at radius 1 is 1.22 bits per heavy atom. The number of ether oxygens (including phenoxy) is 1. The summed E-state index contributed by atoms with van der Waals surface area (Å²) in [6, 6.07) is 7.95. The number of aryl methyl sites for hydroxylation is 1. The van der Waals surface area contributed by atoms with Gasteiger partial charge in [-0.3, -0.25) is 9.59 Å². The smallest absolute Gasteiger partial charge is 0.251 e. The number of carbonyl (C=O) groups excluding carboxylic acids is 3. The van der Waals surface area contributed by atoms with Crippen LogP contribution in [0.4, 0.5) is 10.1 Å². The minimum atomic E-state index is -0.858. The molecule has 192 valence electrons. The molecule has 2 amide bonds. The lowest BCUT2D eigenvalue weighted by Gasteiger charge is -2.38. The zero-order valence-corrected chi connectivity index (χ0v) is 21.5. The molecule has 0 fully saturated rings. The van der Waals surface area contributed by atoms with Crippen LogP contribution in [0, 0.1) is 11.7 Å². The number of hydrogen-bond donors (Lipinski definition) is 1. The number of amides is 2. The van der Waals surface area contributed by atoms with Crippen molar-refractivity contribution < 1.29 is 23.5 Å². The van der Waals surface area contributed by atoms with Crippen LogP contribution in [0.5, 0.6) is 5.75 Å². The van der Waals surface area contributed by atoms with E-state index in [-0.39, 0.29) is 29.5 Å². The van der Waals surface area contributed by atoms with Crippen LogP contribution in [0.25, 0.3) is 0 Å². The lowest BCUT2D eigenvalue weighted by Crippen LogP contribution is -2.47. The lowest BCUT2D eigenvalue weighted by molar-refractivity contribution is -0.142. The molecule has 6 nitrogen and oxygen atoms in total. The summed E-state index contributed by atoms with van der Waals surface area (Å²) in [5, 5.41) is 2.90. The molecule has 7 heteroatoms. The molecule has 1 N–H and O–H groups in total. The van der Waals surface area contributed by atoms with Crippen molar-refractivity contribution >= 4 is 23.8 Å². The van der Waals surface area contributed by atoms with Crippen molar-refractivity contribution in [1.29, 1.82) is 0 Å². The molecule has 2 aliphatic rings. The summed E-state index contributed by atoms with van der Waals surface area (Å²) in [7, 11) is 0. The van der Waals surface area contributed by atoms with Gasteiger partial charge in [0.05, 0.1) is 6.61 Å². The van der Waals surface area contributed by atoms with Crippen LogP contribution in [-0.2, 0) is 32.6 Å². The van der Waals surface area contributed by atoms with E-state index in [4.69, 9.17) is 4.74 Å². The van der Waals surface area contributed by atoms with E-state index in [0.29, 0.717) is 37.2 Å². The van der Waals surface area contributed by atoms with Crippen LogP contribution < -0.4 is 10.1 Å². The Bertz CT molecular complexity index is 1180. The molecule has 1 unspecified atom stereocenters. The van der Waals surface area contributed by atoms with Crippen molar-refractivity contribution in [2.24, 2.45) is 5.92 Å². The van der Waals surface area contributed by atoms with Gasteiger partial charge in [0.1, 0.15) is 23.9 Å². The first kappa shape index (κ1) is 25.9. The van der Waals surface area contributed by atoms with Crippen molar-refractivity contribution in [3.8, 4) is 5.75 Å². The second kappa shape index (κ2) is 10.4. The molecule has 1 aliphatic heterocycles. The number of anilines is 1. The van der Waals surface area contributed by atoms with Gasteiger partial charge in [0.2, 0.25) is 5.91 Å². The third-order valence-electron chi connectivity index (χ3n) is 7.46. The third kappa shape index (κ3) is 5.01. The highest BCUT2D eigenvalue weighted by atomic mass is 19.1. The topological polar surface area (TPSA) is 75.7 Å². The van der Waals surface area contributed by atoms with Crippen molar-refractivity contribution in [3.63, 3.8) is 0 Å². The third-order valence-corrected chi connectivity index (χ3v) is 7.46. The molecule has 36 heavy (non-hydrogen) atoms. The lowest BCUT2D eigenvalue weighted by atomic mass is 9.86. The number of fused-ring (bicyclic) bond motifs is 2. The summed E-state index contributed by atoms with van der Waals surface area (Å²) >= 11 is 0. The predicted octanol–water partition coefficient (Wildman–Crippen LogP) is 5.13. The molecule has 4 rings (SSSR count). The quantitative estimate of drug-likeness (QED) is 0.517. The zero-order valence-electron chi connectivity index (χ0n) is 21.5. The molecule has 1 heterocycles. The van der Waals surface area contributed by atoms with E-state index >= 15 is 4.39 Å². The summed E-state index contributed by atoms with van der Waals surface area (Å²) in [4.78, 5) is 39.5. The largest absolute Gasteiger partial charge is 0.494 e. The van der Waals surface area contributed by atoms with Crippen LogP contribution in [0.3, 0.4) is 0 Å². The molecule has 0 bridgehead atoms. The Labute approximate surface area is 212 Å². The number of halogens is 1.